The Balaban J connectivity index is 1.89. The summed E-state index contributed by atoms with van der Waals surface area (Å²) in [5, 5.41) is 19.7. The second-order valence-corrected chi connectivity index (χ2v) is 5.04. The number of carbonyl (C=O) groups excluding carboxylic acids is 1. The molecule has 1 atom stereocenters. The fraction of sp³-hybridized carbons (Fsp3) is 0.400. The summed E-state index contributed by atoms with van der Waals surface area (Å²) in [4.78, 5) is 11.9. The standard InChI is InChI=1S/C15H19FN4O2/c1-2-13(21)6-7-17-15(22)14-10-20(19-18-14)9-11-4-3-5-12(16)8-11/h3-5,8,10,13,21H,2,6-7,9H2,1H3,(H,17,22). The SMILES string of the molecule is CCC(O)CCNC(=O)c1cn(Cc2cccc(F)c2)nn1. The van der Waals surface area contributed by atoms with Gasteiger partial charge in [-0.2, -0.15) is 0 Å². The Morgan fingerprint density at radius 2 is 2.32 bits per heavy atom. The minimum absolute atomic E-state index is 0.197. The molecule has 0 aliphatic heterocycles. The van der Waals surface area contributed by atoms with Crippen molar-refractivity contribution in [2.45, 2.75) is 32.4 Å². The molecule has 0 bridgehead atoms. The molecule has 0 aliphatic carbocycles. The second-order valence-electron chi connectivity index (χ2n) is 5.04. The van der Waals surface area contributed by atoms with Crippen LogP contribution < -0.4 is 5.32 Å². The molecule has 1 aromatic carbocycles. The maximum Gasteiger partial charge on any atom is 0.273 e. The number of aromatic nitrogens is 3. The zero-order valence-corrected chi connectivity index (χ0v) is 12.4. The third-order valence-electron chi connectivity index (χ3n) is 3.24. The predicted molar refractivity (Wildman–Crippen MR) is 78.8 cm³/mol. The summed E-state index contributed by atoms with van der Waals surface area (Å²) in [5.41, 5.74) is 0.935. The first-order chi connectivity index (χ1) is 10.6. The van der Waals surface area contributed by atoms with Crippen molar-refractivity contribution in [3.05, 3.63) is 47.5 Å². The van der Waals surface area contributed by atoms with E-state index in [2.05, 4.69) is 15.6 Å². The number of hydrogen-bond acceptors (Lipinski definition) is 4. The molecule has 2 N–H and O–H groups in total. The van der Waals surface area contributed by atoms with Crippen molar-refractivity contribution in [1.82, 2.24) is 20.3 Å². The summed E-state index contributed by atoms with van der Waals surface area (Å²) in [6.45, 7) is 2.60. The fourth-order valence-corrected chi connectivity index (χ4v) is 1.95. The van der Waals surface area contributed by atoms with Crippen molar-refractivity contribution in [2.75, 3.05) is 6.54 Å². The van der Waals surface area contributed by atoms with Crippen LogP contribution >= 0.6 is 0 Å². The van der Waals surface area contributed by atoms with E-state index in [1.807, 2.05) is 6.92 Å². The first-order valence-corrected chi connectivity index (χ1v) is 7.19. The highest BCUT2D eigenvalue weighted by atomic mass is 19.1. The molecule has 2 rings (SSSR count). The van der Waals surface area contributed by atoms with Crippen LogP contribution in [0.2, 0.25) is 0 Å². The van der Waals surface area contributed by atoms with Crippen molar-refractivity contribution in [2.24, 2.45) is 0 Å². The molecule has 0 saturated heterocycles. The number of carbonyl (C=O) groups is 1. The van der Waals surface area contributed by atoms with Crippen LogP contribution in [0.4, 0.5) is 4.39 Å². The number of benzene rings is 1. The lowest BCUT2D eigenvalue weighted by atomic mass is 10.2. The van der Waals surface area contributed by atoms with E-state index in [9.17, 15) is 14.3 Å². The largest absolute Gasteiger partial charge is 0.393 e. The lowest BCUT2D eigenvalue weighted by Crippen LogP contribution is -2.27. The summed E-state index contributed by atoms with van der Waals surface area (Å²) in [6, 6.07) is 6.17. The molecule has 0 fully saturated rings. The molecule has 1 aromatic heterocycles. The van der Waals surface area contributed by atoms with Crippen LogP contribution in [0.1, 0.15) is 35.8 Å². The average molecular weight is 306 g/mol. The molecule has 6 nitrogen and oxygen atoms in total. The maximum absolute atomic E-state index is 13.1. The zero-order chi connectivity index (χ0) is 15.9. The van der Waals surface area contributed by atoms with Crippen molar-refractivity contribution < 1.29 is 14.3 Å². The third kappa shape index (κ3) is 4.63. The van der Waals surface area contributed by atoms with E-state index >= 15 is 0 Å². The van der Waals surface area contributed by atoms with E-state index in [0.29, 0.717) is 25.9 Å². The van der Waals surface area contributed by atoms with Gasteiger partial charge in [-0.1, -0.05) is 24.3 Å². The molecule has 0 aliphatic rings. The predicted octanol–water partition coefficient (Wildman–Crippen LogP) is 1.36. The minimum atomic E-state index is -0.413. The zero-order valence-electron chi connectivity index (χ0n) is 12.4. The Kier molecular flexibility index (Phi) is 5.60. The summed E-state index contributed by atoms with van der Waals surface area (Å²) in [5.74, 6) is -0.654. The molecule has 22 heavy (non-hydrogen) atoms. The number of amides is 1. The van der Waals surface area contributed by atoms with Gasteiger partial charge in [0.1, 0.15) is 5.82 Å². The van der Waals surface area contributed by atoms with E-state index in [1.54, 1.807) is 12.1 Å². The van der Waals surface area contributed by atoms with Gasteiger partial charge in [-0.25, -0.2) is 9.07 Å². The van der Waals surface area contributed by atoms with Crippen molar-refractivity contribution in [3.8, 4) is 0 Å². The summed E-state index contributed by atoms with van der Waals surface area (Å²) >= 11 is 0. The highest BCUT2D eigenvalue weighted by molar-refractivity contribution is 5.91. The number of rotatable bonds is 7. The van der Waals surface area contributed by atoms with Gasteiger partial charge in [-0.05, 0) is 30.5 Å². The van der Waals surface area contributed by atoms with Gasteiger partial charge in [-0.15, -0.1) is 5.10 Å². The van der Waals surface area contributed by atoms with Gasteiger partial charge in [0.2, 0.25) is 0 Å². The van der Waals surface area contributed by atoms with E-state index in [0.717, 1.165) is 5.56 Å². The van der Waals surface area contributed by atoms with Crippen LogP contribution in [-0.2, 0) is 6.54 Å². The molecule has 0 saturated carbocycles. The van der Waals surface area contributed by atoms with Gasteiger partial charge in [0, 0.05) is 6.54 Å². The van der Waals surface area contributed by atoms with Gasteiger partial charge in [0.05, 0.1) is 18.8 Å². The van der Waals surface area contributed by atoms with Crippen LogP contribution in [0.15, 0.2) is 30.5 Å². The Morgan fingerprint density at radius 1 is 1.50 bits per heavy atom. The van der Waals surface area contributed by atoms with Gasteiger partial charge in [0.15, 0.2) is 5.69 Å². The Hall–Kier alpha value is -2.28. The van der Waals surface area contributed by atoms with E-state index < -0.39 is 6.10 Å². The molecule has 1 amide bonds. The van der Waals surface area contributed by atoms with Crippen LogP contribution in [0.3, 0.4) is 0 Å². The van der Waals surface area contributed by atoms with Gasteiger partial charge < -0.3 is 10.4 Å². The number of halogens is 1. The molecular formula is C15H19FN4O2. The quantitative estimate of drug-likeness (QED) is 0.809. The molecule has 7 heteroatoms. The van der Waals surface area contributed by atoms with Crippen molar-refractivity contribution >= 4 is 5.91 Å². The third-order valence-corrected chi connectivity index (χ3v) is 3.24. The molecule has 1 unspecified atom stereocenters. The van der Waals surface area contributed by atoms with Crippen LogP contribution in [0.25, 0.3) is 0 Å². The van der Waals surface area contributed by atoms with Gasteiger partial charge in [-0.3, -0.25) is 4.79 Å². The minimum Gasteiger partial charge on any atom is -0.393 e. The van der Waals surface area contributed by atoms with E-state index in [1.165, 1.54) is 23.0 Å². The first-order valence-electron chi connectivity index (χ1n) is 7.19. The lowest BCUT2D eigenvalue weighted by molar-refractivity contribution is 0.0937. The van der Waals surface area contributed by atoms with Crippen LogP contribution in [-0.4, -0.2) is 38.7 Å². The number of aliphatic hydroxyl groups excluding tert-OH is 1. The number of aliphatic hydroxyl groups is 1. The summed E-state index contributed by atoms with van der Waals surface area (Å²) in [7, 11) is 0. The Morgan fingerprint density at radius 3 is 3.05 bits per heavy atom. The Bertz CT molecular complexity index is 630. The Labute approximate surface area is 128 Å². The molecule has 2 aromatic rings. The molecule has 0 spiro atoms. The highest BCUT2D eigenvalue weighted by Gasteiger charge is 2.11. The molecule has 0 radical (unpaired) electrons. The van der Waals surface area contributed by atoms with E-state index in [-0.39, 0.29) is 17.4 Å². The van der Waals surface area contributed by atoms with Crippen molar-refractivity contribution in [3.63, 3.8) is 0 Å². The van der Waals surface area contributed by atoms with Gasteiger partial charge in [0.25, 0.3) is 5.91 Å². The monoisotopic (exact) mass is 306 g/mol. The second kappa shape index (κ2) is 7.65. The number of hydrogen-bond donors (Lipinski definition) is 2. The van der Waals surface area contributed by atoms with Crippen molar-refractivity contribution in [1.29, 1.82) is 0 Å². The lowest BCUT2D eigenvalue weighted by Gasteiger charge is -2.07. The van der Waals surface area contributed by atoms with Crippen LogP contribution in [0, 0.1) is 5.82 Å². The molecule has 118 valence electrons. The van der Waals surface area contributed by atoms with Crippen LogP contribution in [0.5, 0.6) is 0 Å². The highest BCUT2D eigenvalue weighted by Crippen LogP contribution is 2.05. The van der Waals surface area contributed by atoms with E-state index in [4.69, 9.17) is 0 Å². The molecule has 1 heterocycles. The van der Waals surface area contributed by atoms with Gasteiger partial charge >= 0.3 is 0 Å². The fourth-order valence-electron chi connectivity index (χ4n) is 1.95. The summed E-state index contributed by atoms with van der Waals surface area (Å²) < 4.78 is 14.6. The smallest absolute Gasteiger partial charge is 0.273 e. The summed E-state index contributed by atoms with van der Waals surface area (Å²) in [6.07, 6.45) is 2.25. The normalized spacial score (nSPS) is 12.1. The number of nitrogens with one attached hydrogen (secondary N) is 1. The maximum atomic E-state index is 13.1. The number of nitrogens with zero attached hydrogens (tertiary/aromatic N) is 3. The topological polar surface area (TPSA) is 80.0 Å². The molecular weight excluding hydrogens is 287 g/mol. The average Bonchev–Trinajstić information content (AvgIpc) is 2.95. The first kappa shape index (κ1) is 16.1.